The van der Waals surface area contributed by atoms with Crippen LogP contribution < -0.4 is 0 Å². The SMILES string of the molecule is Cc1c2c(cc3c1n(I)c1nc4c(C(C)(C)C)cccc4n31)n1ccnc1n2C. The molecule has 2 aromatic carbocycles. The number of nitrogens with zero attached hydrogens (tertiary/aromatic N) is 6. The topological polar surface area (TPSA) is 44.5 Å². The largest absolute Gasteiger partial charge is 0.312 e. The second kappa shape index (κ2) is 5.33. The monoisotopic (exact) mass is 496 g/mol. The lowest BCUT2D eigenvalue weighted by Crippen LogP contribution is -2.11. The summed E-state index contributed by atoms with van der Waals surface area (Å²) in [6, 6.07) is 8.80. The lowest BCUT2D eigenvalue weighted by atomic mass is 9.86. The number of hydrogen-bond donors (Lipinski definition) is 0. The van der Waals surface area contributed by atoms with E-state index in [0.29, 0.717) is 0 Å². The molecular weight excluding hydrogens is 475 g/mol. The molecule has 6 aromatic rings. The number of aromatic nitrogens is 6. The summed E-state index contributed by atoms with van der Waals surface area (Å²) in [6.07, 6.45) is 3.89. The van der Waals surface area contributed by atoms with Crippen molar-refractivity contribution >= 4 is 67.5 Å². The average molecular weight is 496 g/mol. The van der Waals surface area contributed by atoms with Crippen LogP contribution >= 0.6 is 22.9 Å². The number of rotatable bonds is 0. The molecule has 0 aliphatic heterocycles. The summed E-state index contributed by atoms with van der Waals surface area (Å²) in [7, 11) is 2.08. The van der Waals surface area contributed by atoms with Crippen molar-refractivity contribution in [1.29, 1.82) is 0 Å². The third kappa shape index (κ3) is 2.01. The Morgan fingerprint density at radius 1 is 1.00 bits per heavy atom. The molecule has 29 heavy (non-hydrogen) atoms. The van der Waals surface area contributed by atoms with Crippen LogP contribution in [0.2, 0.25) is 0 Å². The molecule has 7 heteroatoms. The number of imidazole rings is 4. The highest BCUT2D eigenvalue weighted by atomic mass is 127. The maximum atomic E-state index is 5.10. The van der Waals surface area contributed by atoms with Gasteiger partial charge in [0.05, 0.1) is 56.0 Å². The Bertz CT molecular complexity index is 1620. The van der Waals surface area contributed by atoms with Crippen molar-refractivity contribution in [3.05, 3.63) is 47.8 Å². The number of hydrogen-bond acceptors (Lipinski definition) is 2. The van der Waals surface area contributed by atoms with Gasteiger partial charge in [-0.1, -0.05) is 32.9 Å². The Morgan fingerprint density at radius 3 is 2.55 bits per heavy atom. The van der Waals surface area contributed by atoms with Gasteiger partial charge in [0.25, 0.3) is 0 Å². The van der Waals surface area contributed by atoms with Gasteiger partial charge in [0, 0.05) is 25.0 Å². The number of halogens is 1. The van der Waals surface area contributed by atoms with E-state index >= 15 is 0 Å². The molecular formula is C22H21IN6. The molecule has 0 bridgehead atoms. The maximum absolute atomic E-state index is 5.10. The zero-order chi connectivity index (χ0) is 20.2. The predicted molar refractivity (Wildman–Crippen MR) is 126 cm³/mol. The average Bonchev–Trinajstić information content (AvgIpc) is 3.38. The molecule has 0 amide bonds. The van der Waals surface area contributed by atoms with Crippen LogP contribution in [0, 0.1) is 6.92 Å². The molecule has 0 spiro atoms. The molecule has 0 unspecified atom stereocenters. The first kappa shape index (κ1) is 17.3. The number of benzene rings is 2. The van der Waals surface area contributed by atoms with Crippen LogP contribution in [-0.4, -0.2) is 26.1 Å². The highest BCUT2D eigenvalue weighted by Crippen LogP contribution is 2.37. The third-order valence-electron chi connectivity index (χ3n) is 6.07. The van der Waals surface area contributed by atoms with E-state index in [0.717, 1.165) is 22.6 Å². The standard InChI is InChI=1S/C22H21IN6/c1-12-18-15(27-10-9-24-20(27)26(18)5)11-16-19(12)29(23)21-25-17-13(22(2,3)4)7-6-8-14(17)28(16)21/h6-11H,1-5H3. The Hall–Kier alpha value is -2.55. The van der Waals surface area contributed by atoms with E-state index in [4.69, 9.17) is 4.98 Å². The lowest BCUT2D eigenvalue weighted by Gasteiger charge is -2.19. The molecule has 4 aromatic heterocycles. The number of fused-ring (bicyclic) bond motifs is 8. The van der Waals surface area contributed by atoms with Gasteiger partial charge in [-0.05, 0) is 30.0 Å². The van der Waals surface area contributed by atoms with Gasteiger partial charge in [-0.3, -0.25) is 8.80 Å². The molecule has 0 radical (unpaired) electrons. The Balaban J connectivity index is 1.88. The molecule has 6 nitrogen and oxygen atoms in total. The van der Waals surface area contributed by atoms with E-state index in [9.17, 15) is 0 Å². The zero-order valence-corrected chi connectivity index (χ0v) is 19.2. The Labute approximate surface area is 181 Å². The van der Waals surface area contributed by atoms with Gasteiger partial charge >= 0.3 is 0 Å². The molecule has 0 atom stereocenters. The van der Waals surface area contributed by atoms with E-state index in [1.807, 2.05) is 12.4 Å². The van der Waals surface area contributed by atoms with E-state index < -0.39 is 0 Å². The summed E-state index contributed by atoms with van der Waals surface area (Å²) in [5, 5.41) is 0. The minimum absolute atomic E-state index is 0.0381. The van der Waals surface area contributed by atoms with Crippen molar-refractivity contribution in [2.45, 2.75) is 33.1 Å². The maximum Gasteiger partial charge on any atom is 0.225 e. The minimum Gasteiger partial charge on any atom is -0.312 e. The second-order valence-corrected chi connectivity index (χ2v) is 9.81. The summed E-state index contributed by atoms with van der Waals surface area (Å²) in [4.78, 5) is 9.63. The number of aryl methyl sites for hydroxylation is 2. The Kier molecular flexibility index (Phi) is 3.18. The fourth-order valence-electron chi connectivity index (χ4n) is 4.78. The van der Waals surface area contributed by atoms with Crippen molar-refractivity contribution in [1.82, 2.24) is 26.1 Å². The van der Waals surface area contributed by atoms with Gasteiger partial charge in [-0.25, -0.2) is 12.7 Å². The van der Waals surface area contributed by atoms with Crippen LogP contribution in [0.15, 0.2) is 36.7 Å². The van der Waals surface area contributed by atoms with Crippen LogP contribution in [0.3, 0.4) is 0 Å². The molecule has 0 aliphatic carbocycles. The predicted octanol–water partition coefficient (Wildman–Crippen LogP) is 5.39. The van der Waals surface area contributed by atoms with Crippen LogP contribution in [0.25, 0.3) is 44.7 Å². The fourth-order valence-corrected chi connectivity index (χ4v) is 5.71. The fraction of sp³-hybridized carbons (Fsp3) is 0.273. The van der Waals surface area contributed by atoms with Crippen LogP contribution in [0.5, 0.6) is 0 Å². The molecule has 0 N–H and O–H groups in total. The van der Waals surface area contributed by atoms with Crippen LogP contribution in [-0.2, 0) is 12.5 Å². The smallest absolute Gasteiger partial charge is 0.225 e. The quantitative estimate of drug-likeness (QED) is 0.265. The summed E-state index contributed by atoms with van der Waals surface area (Å²) in [5.74, 6) is 1.92. The summed E-state index contributed by atoms with van der Waals surface area (Å²) < 4.78 is 8.84. The van der Waals surface area contributed by atoms with Crippen molar-refractivity contribution in [3.63, 3.8) is 0 Å². The third-order valence-corrected chi connectivity index (χ3v) is 6.99. The van der Waals surface area contributed by atoms with Gasteiger partial charge in [0.2, 0.25) is 11.6 Å². The summed E-state index contributed by atoms with van der Waals surface area (Å²) in [6.45, 7) is 8.93. The van der Waals surface area contributed by atoms with Crippen molar-refractivity contribution in [3.8, 4) is 0 Å². The van der Waals surface area contributed by atoms with Crippen molar-refractivity contribution < 1.29 is 0 Å². The minimum atomic E-state index is 0.0381. The number of para-hydroxylation sites is 1. The van der Waals surface area contributed by atoms with E-state index in [-0.39, 0.29) is 5.41 Å². The van der Waals surface area contributed by atoms with Gasteiger partial charge in [-0.15, -0.1) is 0 Å². The normalized spacial score (nSPS) is 13.2. The molecule has 0 fully saturated rings. The first-order chi connectivity index (χ1) is 13.8. The van der Waals surface area contributed by atoms with Gasteiger partial charge in [0.15, 0.2) is 0 Å². The van der Waals surface area contributed by atoms with Gasteiger partial charge in [0.1, 0.15) is 0 Å². The van der Waals surface area contributed by atoms with Gasteiger partial charge < -0.3 is 4.57 Å². The molecule has 0 saturated carbocycles. The zero-order valence-electron chi connectivity index (χ0n) is 17.0. The van der Waals surface area contributed by atoms with E-state index in [1.54, 1.807) is 0 Å². The highest BCUT2D eigenvalue weighted by Gasteiger charge is 2.24. The van der Waals surface area contributed by atoms with Crippen molar-refractivity contribution in [2.24, 2.45) is 7.05 Å². The second-order valence-electron chi connectivity index (χ2n) is 8.84. The van der Waals surface area contributed by atoms with Crippen LogP contribution in [0.4, 0.5) is 0 Å². The van der Waals surface area contributed by atoms with Crippen molar-refractivity contribution in [2.75, 3.05) is 0 Å². The van der Waals surface area contributed by atoms with Crippen LogP contribution in [0.1, 0.15) is 31.9 Å². The van der Waals surface area contributed by atoms with E-state index in [2.05, 4.69) is 103 Å². The molecule has 0 aliphatic rings. The highest BCUT2D eigenvalue weighted by molar-refractivity contribution is 14.1. The molecule has 146 valence electrons. The first-order valence-electron chi connectivity index (χ1n) is 9.72. The lowest BCUT2D eigenvalue weighted by molar-refractivity contribution is 0.595. The summed E-state index contributed by atoms with van der Waals surface area (Å²) in [5.41, 5.74) is 9.55. The van der Waals surface area contributed by atoms with Gasteiger partial charge in [-0.2, -0.15) is 0 Å². The van der Waals surface area contributed by atoms with E-state index in [1.165, 1.54) is 33.2 Å². The molecule has 6 rings (SSSR count). The molecule has 0 saturated heterocycles. The summed E-state index contributed by atoms with van der Waals surface area (Å²) >= 11 is 2.39. The first-order valence-corrected chi connectivity index (χ1v) is 10.7. The Morgan fingerprint density at radius 2 is 1.79 bits per heavy atom. The molecule has 4 heterocycles.